The first-order valence-electron chi connectivity index (χ1n) is 23.8. The second-order valence-corrected chi connectivity index (χ2v) is 24.4. The second-order valence-electron chi connectivity index (χ2n) is 20.6. The summed E-state index contributed by atoms with van der Waals surface area (Å²) >= 11 is 0. The van der Waals surface area contributed by atoms with Crippen LogP contribution in [0.1, 0.15) is 57.2 Å². The van der Waals surface area contributed by atoms with Crippen molar-refractivity contribution in [2.45, 2.75) is 58.3 Å². The van der Waals surface area contributed by atoms with Gasteiger partial charge in [-0.25, -0.2) is 0 Å². The molecule has 4 aliphatic rings. The van der Waals surface area contributed by atoms with Crippen LogP contribution in [-0.4, -0.2) is 14.9 Å². The molecule has 3 nitrogen and oxygen atoms in total. The summed E-state index contributed by atoms with van der Waals surface area (Å²) in [4.78, 5) is 5.39. The number of nitrogens with zero attached hydrogens (tertiary/aromatic N) is 2. The summed E-state index contributed by atoms with van der Waals surface area (Å²) in [6.07, 6.45) is 2.34. The highest BCUT2D eigenvalue weighted by atomic mass is 28.3. The Kier molecular flexibility index (Phi) is 7.68. The highest BCUT2D eigenvalue weighted by molar-refractivity contribution is 7.22. The highest BCUT2D eigenvalue weighted by Crippen LogP contribution is 2.53. The van der Waals surface area contributed by atoms with Crippen molar-refractivity contribution in [1.29, 1.82) is 0 Å². The summed E-state index contributed by atoms with van der Waals surface area (Å²) in [5.74, 6) is 0. The van der Waals surface area contributed by atoms with Gasteiger partial charge in [-0.2, -0.15) is 0 Å². The number of rotatable bonds is 3. The number of para-hydroxylation sites is 3. The summed E-state index contributed by atoms with van der Waals surface area (Å²) in [5.41, 5.74) is 17.7. The third-order valence-corrected chi connectivity index (χ3v) is 21.1. The summed E-state index contributed by atoms with van der Waals surface area (Å²) in [5, 5.41) is 10.5. The Bertz CT molecular complexity index is 3660. The van der Waals surface area contributed by atoms with Gasteiger partial charge in [-0.05, 0) is 126 Å². The van der Waals surface area contributed by atoms with Crippen LogP contribution >= 0.6 is 0 Å². The number of furan rings is 1. The van der Waals surface area contributed by atoms with Crippen molar-refractivity contribution in [1.82, 2.24) is 0 Å². The van der Waals surface area contributed by atoms with Gasteiger partial charge in [0.05, 0.1) is 0 Å². The van der Waals surface area contributed by atoms with E-state index in [0.29, 0.717) is 0 Å². The number of fused-ring (bicyclic) bond motifs is 13. The molecule has 9 aromatic carbocycles. The van der Waals surface area contributed by atoms with Crippen molar-refractivity contribution in [2.24, 2.45) is 0 Å². The van der Waals surface area contributed by atoms with Crippen molar-refractivity contribution < 1.29 is 4.42 Å². The fourth-order valence-electron chi connectivity index (χ4n) is 13.1. The molecule has 0 N–H and O–H groups in total. The van der Waals surface area contributed by atoms with E-state index >= 15 is 0 Å². The maximum absolute atomic E-state index is 7.27. The maximum Gasteiger partial charge on any atom is 0.336 e. The van der Waals surface area contributed by atoms with Crippen LogP contribution in [0.4, 0.5) is 28.4 Å². The summed E-state index contributed by atoms with van der Waals surface area (Å²) in [7, 11) is -2.92. The minimum atomic E-state index is -2.92. The van der Waals surface area contributed by atoms with Crippen molar-refractivity contribution in [3.05, 3.63) is 199 Å². The number of aryl methyl sites for hydroxylation is 1. The Hall–Kier alpha value is -7.08. The van der Waals surface area contributed by atoms with E-state index in [9.17, 15) is 0 Å². The molecule has 10 aromatic rings. The Morgan fingerprint density at radius 1 is 0.515 bits per heavy atom. The maximum atomic E-state index is 7.27. The van der Waals surface area contributed by atoms with E-state index < -0.39 is 8.07 Å². The van der Waals surface area contributed by atoms with E-state index in [1.54, 1.807) is 0 Å². The molecule has 0 bridgehead atoms. The third-order valence-electron chi connectivity index (χ3n) is 16.3. The average molecular weight is 865 g/mol. The first-order valence-corrected chi connectivity index (χ1v) is 25.8. The fraction of sp³-hybridized carbons (Fsp3) is 0.148. The van der Waals surface area contributed by atoms with Crippen LogP contribution in [0.2, 0.25) is 0 Å². The first kappa shape index (κ1) is 38.2. The SMILES string of the molecule is Cc1cc2c(cc1N1c3cc4ccccc4c4c3B(c3c1ccc1c3oc3ccccc31)N1c3ccccc3[Si](c3ccccc3)(c3ccccc3)c3cccc-4c31)C(C)(C)CCC2(C)C. The summed E-state index contributed by atoms with van der Waals surface area (Å²) < 4.78 is 7.27. The van der Waals surface area contributed by atoms with Gasteiger partial charge in [0.1, 0.15) is 11.2 Å². The van der Waals surface area contributed by atoms with Gasteiger partial charge in [0.15, 0.2) is 8.07 Å². The van der Waals surface area contributed by atoms with Crippen molar-refractivity contribution in [3.63, 3.8) is 0 Å². The molecule has 66 heavy (non-hydrogen) atoms. The van der Waals surface area contributed by atoms with E-state index in [2.05, 4.69) is 226 Å². The van der Waals surface area contributed by atoms with Crippen molar-refractivity contribution in [2.75, 3.05) is 9.71 Å². The third kappa shape index (κ3) is 4.83. The van der Waals surface area contributed by atoms with Crippen LogP contribution in [0.25, 0.3) is 43.8 Å². The minimum Gasteiger partial charge on any atom is -0.456 e. The molecular formula is C61H49BN2OSi. The topological polar surface area (TPSA) is 19.6 Å². The molecule has 1 aliphatic carbocycles. The normalized spacial score (nSPS) is 16.7. The Labute approximate surface area is 388 Å². The molecule has 0 atom stereocenters. The monoisotopic (exact) mass is 864 g/mol. The van der Waals surface area contributed by atoms with Gasteiger partial charge in [0, 0.05) is 50.2 Å². The lowest BCUT2D eigenvalue weighted by Gasteiger charge is -2.52. The lowest BCUT2D eigenvalue weighted by Crippen LogP contribution is -2.79. The number of hydrogen-bond acceptors (Lipinski definition) is 3. The number of anilines is 5. The Morgan fingerprint density at radius 2 is 1.15 bits per heavy atom. The second kappa shape index (κ2) is 13.3. The highest BCUT2D eigenvalue weighted by Gasteiger charge is 2.56. The molecule has 0 radical (unpaired) electrons. The fourth-order valence-corrected chi connectivity index (χ4v) is 18.3. The van der Waals surface area contributed by atoms with Crippen molar-refractivity contribution in [3.8, 4) is 11.1 Å². The average Bonchev–Trinajstić information content (AvgIpc) is 3.73. The van der Waals surface area contributed by atoms with E-state index in [-0.39, 0.29) is 17.7 Å². The zero-order valence-electron chi connectivity index (χ0n) is 38.1. The van der Waals surface area contributed by atoms with E-state index in [0.717, 1.165) is 28.4 Å². The first-order chi connectivity index (χ1) is 32.2. The van der Waals surface area contributed by atoms with Gasteiger partial charge in [0.25, 0.3) is 0 Å². The van der Waals surface area contributed by atoms with E-state index in [1.165, 1.54) is 105 Å². The lowest BCUT2D eigenvalue weighted by molar-refractivity contribution is 0.332. The summed E-state index contributed by atoms with van der Waals surface area (Å²) in [6.45, 7) is 11.9. The Morgan fingerprint density at radius 3 is 1.91 bits per heavy atom. The predicted molar refractivity (Wildman–Crippen MR) is 282 cm³/mol. The number of hydrogen-bond donors (Lipinski definition) is 0. The van der Waals surface area contributed by atoms with Gasteiger partial charge in [0.2, 0.25) is 0 Å². The Balaban J connectivity index is 1.18. The van der Waals surface area contributed by atoms with Gasteiger partial charge in [-0.3, -0.25) is 0 Å². The van der Waals surface area contributed by atoms with Crippen LogP contribution in [0.15, 0.2) is 186 Å². The van der Waals surface area contributed by atoms with Crippen LogP contribution in [0.5, 0.6) is 0 Å². The standard InChI is InChI=1S/C61H49BN2OSi/c1-38-35-46-47(61(4,5)34-33-60(46,2)3)37-50(38)63-49-32-31-44-43-25-14-16-28-52(43)65-59(44)57(49)62-56-51(63)36-39-19-12-13-24-42(39)55(56)45-26-18-30-54-58(45)64(62)48-27-15-17-29-53(48)66(54,40-20-8-6-9-21-40)41-22-10-7-11-23-41/h6-32,35-37H,33-34H2,1-5H3. The van der Waals surface area contributed by atoms with Gasteiger partial charge in [-0.15, -0.1) is 0 Å². The molecule has 4 heterocycles. The van der Waals surface area contributed by atoms with Crippen LogP contribution in [0.3, 0.4) is 0 Å². The zero-order valence-corrected chi connectivity index (χ0v) is 39.1. The molecular weight excluding hydrogens is 816 g/mol. The molecule has 3 aliphatic heterocycles. The van der Waals surface area contributed by atoms with Crippen LogP contribution in [0, 0.1) is 6.92 Å². The molecule has 1 aromatic heterocycles. The summed E-state index contributed by atoms with van der Waals surface area (Å²) in [6, 6.07) is 69.6. The zero-order chi connectivity index (χ0) is 44.3. The lowest BCUT2D eigenvalue weighted by atomic mass is 9.43. The molecule has 0 saturated heterocycles. The molecule has 0 fully saturated rings. The van der Waals surface area contributed by atoms with Crippen molar-refractivity contribution >= 4 is 108 Å². The van der Waals surface area contributed by atoms with E-state index in [1.807, 2.05) is 0 Å². The smallest absolute Gasteiger partial charge is 0.336 e. The van der Waals surface area contributed by atoms with Gasteiger partial charge < -0.3 is 14.1 Å². The molecule has 14 rings (SSSR count). The largest absolute Gasteiger partial charge is 0.456 e. The van der Waals surface area contributed by atoms with Gasteiger partial charge in [-0.1, -0.05) is 173 Å². The minimum absolute atomic E-state index is 0.0424. The molecule has 0 spiro atoms. The van der Waals surface area contributed by atoms with E-state index in [4.69, 9.17) is 4.42 Å². The molecule has 316 valence electrons. The molecule has 0 unspecified atom stereocenters. The number of benzene rings is 9. The molecule has 5 heteroatoms. The molecule has 0 saturated carbocycles. The quantitative estimate of drug-likeness (QED) is 0.165. The van der Waals surface area contributed by atoms with Crippen LogP contribution in [-0.2, 0) is 10.8 Å². The predicted octanol–water partition coefficient (Wildman–Crippen LogP) is 11.8. The van der Waals surface area contributed by atoms with Crippen LogP contribution < -0.4 is 41.4 Å². The van der Waals surface area contributed by atoms with Gasteiger partial charge >= 0.3 is 6.85 Å². The molecule has 0 amide bonds.